The van der Waals surface area contributed by atoms with Gasteiger partial charge in [-0.3, -0.25) is 9.78 Å². The number of hydrogen-bond acceptors (Lipinski definition) is 5. The zero-order chi connectivity index (χ0) is 20.2. The number of carbonyl (C=O) groups excluding carboxylic acids is 1. The molecule has 2 aromatic carbocycles. The van der Waals surface area contributed by atoms with Gasteiger partial charge < -0.3 is 10.1 Å². The van der Waals surface area contributed by atoms with Crippen LogP contribution in [-0.2, 0) is 4.79 Å². The number of benzene rings is 2. The number of rotatable bonds is 5. The second-order valence-electron chi connectivity index (χ2n) is 6.74. The fraction of sp³-hybridized carbons (Fsp3) is 0.130. The molecule has 0 unspecified atom stereocenters. The number of aryl methyl sites for hydroxylation is 1. The van der Waals surface area contributed by atoms with Crippen LogP contribution in [0.2, 0.25) is 0 Å². The summed E-state index contributed by atoms with van der Waals surface area (Å²) in [4.78, 5) is 25.6. The quantitative estimate of drug-likeness (QED) is 0.552. The molecule has 0 radical (unpaired) electrons. The summed E-state index contributed by atoms with van der Waals surface area (Å²) in [5.41, 5.74) is 4.44. The van der Waals surface area contributed by atoms with E-state index in [-0.39, 0.29) is 5.91 Å². The first-order valence-electron chi connectivity index (χ1n) is 9.31. The molecule has 4 rings (SSSR count). The van der Waals surface area contributed by atoms with Crippen molar-refractivity contribution in [2.45, 2.75) is 20.0 Å². The molecule has 0 saturated carbocycles. The molecule has 0 saturated heterocycles. The molecule has 1 atom stereocenters. The molecular weight excluding hydrogens is 364 g/mol. The Balaban J connectivity index is 1.43. The Morgan fingerprint density at radius 1 is 1.00 bits per heavy atom. The lowest BCUT2D eigenvalue weighted by Crippen LogP contribution is -2.30. The Bertz CT molecular complexity index is 1160. The van der Waals surface area contributed by atoms with E-state index in [0.29, 0.717) is 11.6 Å². The van der Waals surface area contributed by atoms with Crippen LogP contribution in [0.3, 0.4) is 0 Å². The molecular formula is C23H20N4O2. The van der Waals surface area contributed by atoms with Crippen molar-refractivity contribution in [1.82, 2.24) is 15.0 Å². The highest BCUT2D eigenvalue weighted by atomic mass is 16.5. The second kappa shape index (κ2) is 8.06. The maximum Gasteiger partial charge on any atom is 0.266 e. The number of fused-ring (bicyclic) bond motifs is 1. The Morgan fingerprint density at radius 2 is 1.76 bits per heavy atom. The molecule has 144 valence electrons. The number of nitrogens with one attached hydrogen (secondary N) is 1. The Kier molecular flexibility index (Phi) is 5.16. The van der Waals surface area contributed by atoms with Gasteiger partial charge in [0.15, 0.2) is 6.10 Å². The molecule has 4 aromatic rings. The molecule has 6 heteroatoms. The van der Waals surface area contributed by atoms with Gasteiger partial charge in [0.05, 0.1) is 22.9 Å². The number of amides is 1. The predicted molar refractivity (Wildman–Crippen MR) is 113 cm³/mol. The summed E-state index contributed by atoms with van der Waals surface area (Å²) >= 11 is 0. The molecule has 2 heterocycles. The smallest absolute Gasteiger partial charge is 0.266 e. The minimum atomic E-state index is -0.663. The van der Waals surface area contributed by atoms with Gasteiger partial charge in [0.1, 0.15) is 11.6 Å². The summed E-state index contributed by atoms with van der Waals surface area (Å²) < 4.78 is 5.76. The van der Waals surface area contributed by atoms with Crippen molar-refractivity contribution < 1.29 is 9.53 Å². The Morgan fingerprint density at radius 3 is 2.52 bits per heavy atom. The zero-order valence-corrected chi connectivity index (χ0v) is 16.2. The number of aromatic nitrogens is 3. The first-order chi connectivity index (χ1) is 14.1. The first kappa shape index (κ1) is 18.6. The molecule has 29 heavy (non-hydrogen) atoms. The van der Waals surface area contributed by atoms with Crippen LogP contribution in [0.5, 0.6) is 5.75 Å². The Labute approximate surface area is 168 Å². The molecule has 1 N–H and O–H groups in total. The van der Waals surface area contributed by atoms with Gasteiger partial charge in [-0.05, 0) is 67.9 Å². The van der Waals surface area contributed by atoms with E-state index in [0.717, 1.165) is 27.9 Å². The van der Waals surface area contributed by atoms with Crippen molar-refractivity contribution in [3.05, 3.63) is 78.6 Å². The number of pyridine rings is 1. The fourth-order valence-corrected chi connectivity index (χ4v) is 2.89. The highest BCUT2D eigenvalue weighted by Crippen LogP contribution is 2.23. The topological polar surface area (TPSA) is 77.0 Å². The molecule has 0 aliphatic rings. The number of nitrogens with zero attached hydrogens (tertiary/aromatic N) is 3. The van der Waals surface area contributed by atoms with E-state index in [1.165, 1.54) is 0 Å². The van der Waals surface area contributed by atoms with E-state index in [1.54, 1.807) is 19.3 Å². The second-order valence-corrected chi connectivity index (χ2v) is 6.74. The van der Waals surface area contributed by atoms with Gasteiger partial charge in [-0.15, -0.1) is 0 Å². The van der Waals surface area contributed by atoms with Crippen LogP contribution in [0.15, 0.2) is 73.1 Å². The van der Waals surface area contributed by atoms with Gasteiger partial charge in [-0.1, -0.05) is 12.1 Å². The molecule has 0 spiro atoms. The van der Waals surface area contributed by atoms with Crippen LogP contribution in [0.4, 0.5) is 5.82 Å². The van der Waals surface area contributed by atoms with Gasteiger partial charge in [0.2, 0.25) is 0 Å². The van der Waals surface area contributed by atoms with E-state index < -0.39 is 6.10 Å². The van der Waals surface area contributed by atoms with E-state index in [4.69, 9.17) is 4.74 Å². The summed E-state index contributed by atoms with van der Waals surface area (Å²) in [6.07, 6.45) is 2.75. The molecule has 2 aromatic heterocycles. The summed E-state index contributed by atoms with van der Waals surface area (Å²) in [5.74, 6) is 0.852. The Hall–Kier alpha value is -3.80. The van der Waals surface area contributed by atoms with Crippen molar-refractivity contribution in [2.24, 2.45) is 0 Å². The minimum absolute atomic E-state index is 0.257. The normalized spacial score (nSPS) is 11.8. The van der Waals surface area contributed by atoms with Gasteiger partial charge in [-0.25, -0.2) is 9.97 Å². The van der Waals surface area contributed by atoms with Crippen molar-refractivity contribution in [2.75, 3.05) is 5.32 Å². The molecule has 0 bridgehead atoms. The van der Waals surface area contributed by atoms with E-state index in [1.807, 2.05) is 67.6 Å². The lowest BCUT2D eigenvalue weighted by atomic mass is 10.1. The first-order valence-corrected chi connectivity index (χ1v) is 9.31. The highest BCUT2D eigenvalue weighted by Gasteiger charge is 2.15. The van der Waals surface area contributed by atoms with Crippen LogP contribution >= 0.6 is 0 Å². The number of hydrogen-bond donors (Lipinski definition) is 1. The largest absolute Gasteiger partial charge is 0.481 e. The van der Waals surface area contributed by atoms with Gasteiger partial charge in [0.25, 0.3) is 5.91 Å². The highest BCUT2D eigenvalue weighted by molar-refractivity contribution is 5.93. The number of anilines is 1. The SMILES string of the molecule is Cc1ccnc(NC(=O)[C@@H](C)Oc2ccc(-c3cnc4ccccc4n3)cc2)c1. The van der Waals surface area contributed by atoms with Crippen LogP contribution in [0.1, 0.15) is 12.5 Å². The third kappa shape index (κ3) is 4.38. The van der Waals surface area contributed by atoms with Crippen LogP contribution < -0.4 is 10.1 Å². The van der Waals surface area contributed by atoms with Crippen molar-refractivity contribution >= 4 is 22.8 Å². The predicted octanol–water partition coefficient (Wildman–Crippen LogP) is 4.41. The van der Waals surface area contributed by atoms with Crippen molar-refractivity contribution in [1.29, 1.82) is 0 Å². The summed E-state index contributed by atoms with van der Waals surface area (Å²) in [7, 11) is 0. The van der Waals surface area contributed by atoms with Gasteiger partial charge in [0, 0.05) is 11.8 Å². The van der Waals surface area contributed by atoms with Crippen LogP contribution in [0.25, 0.3) is 22.3 Å². The number of carbonyl (C=O) groups is 1. The van der Waals surface area contributed by atoms with Gasteiger partial charge in [-0.2, -0.15) is 0 Å². The summed E-state index contributed by atoms with van der Waals surface area (Å²) in [6, 6.07) is 18.9. The van der Waals surface area contributed by atoms with E-state index in [9.17, 15) is 4.79 Å². The van der Waals surface area contributed by atoms with Crippen molar-refractivity contribution in [3.63, 3.8) is 0 Å². The molecule has 0 aliphatic carbocycles. The fourth-order valence-electron chi connectivity index (χ4n) is 2.89. The standard InChI is InChI=1S/C23H20N4O2/c1-15-11-12-24-22(13-15)27-23(28)16(2)29-18-9-7-17(8-10-18)21-14-25-19-5-3-4-6-20(19)26-21/h3-14,16H,1-2H3,(H,24,27,28)/t16-/m1/s1. The van der Waals surface area contributed by atoms with Gasteiger partial charge >= 0.3 is 0 Å². The van der Waals surface area contributed by atoms with Crippen LogP contribution in [-0.4, -0.2) is 27.0 Å². The third-order valence-electron chi connectivity index (χ3n) is 4.45. The average molecular weight is 384 g/mol. The zero-order valence-electron chi connectivity index (χ0n) is 16.2. The average Bonchev–Trinajstić information content (AvgIpc) is 2.74. The molecule has 1 amide bonds. The van der Waals surface area contributed by atoms with Crippen molar-refractivity contribution in [3.8, 4) is 17.0 Å². The van der Waals surface area contributed by atoms with Crippen LogP contribution in [0, 0.1) is 6.92 Å². The monoisotopic (exact) mass is 384 g/mol. The maximum absolute atomic E-state index is 12.3. The number of ether oxygens (including phenoxy) is 1. The van der Waals surface area contributed by atoms with E-state index >= 15 is 0 Å². The third-order valence-corrected chi connectivity index (χ3v) is 4.45. The van der Waals surface area contributed by atoms with E-state index in [2.05, 4.69) is 20.3 Å². The molecule has 6 nitrogen and oxygen atoms in total. The lowest BCUT2D eigenvalue weighted by Gasteiger charge is -2.15. The lowest BCUT2D eigenvalue weighted by molar-refractivity contribution is -0.122. The molecule has 0 aliphatic heterocycles. The minimum Gasteiger partial charge on any atom is -0.481 e. The molecule has 0 fully saturated rings. The summed E-state index contributed by atoms with van der Waals surface area (Å²) in [6.45, 7) is 3.65. The maximum atomic E-state index is 12.3. The number of para-hydroxylation sites is 2. The summed E-state index contributed by atoms with van der Waals surface area (Å²) in [5, 5.41) is 2.76.